The van der Waals surface area contributed by atoms with Gasteiger partial charge in [-0.2, -0.15) is 0 Å². The molecule has 2 amide bonds. The molecule has 0 aliphatic rings. The van der Waals surface area contributed by atoms with Crippen molar-refractivity contribution >= 4 is 23.2 Å². The van der Waals surface area contributed by atoms with E-state index in [4.69, 9.17) is 4.74 Å². The van der Waals surface area contributed by atoms with Crippen molar-refractivity contribution in [3.63, 3.8) is 0 Å². The minimum absolute atomic E-state index is 0.126. The molecule has 0 unspecified atom stereocenters. The lowest BCUT2D eigenvalue weighted by Gasteiger charge is -2.10. The zero-order chi connectivity index (χ0) is 20.2. The standard InChI is InChI=1S/C22H29N3O3/c1-3-4-5-6-14-28-20-12-10-18(11-13-20)24-16-21(26)25-19-9-7-8-17(15-19)22(27)23-2/h7-13,15,24H,3-6,14,16H2,1-2H3,(H,23,27)(H,25,26). The summed E-state index contributed by atoms with van der Waals surface area (Å²) in [5, 5.41) is 8.42. The fraction of sp³-hybridized carbons (Fsp3) is 0.364. The number of unbranched alkanes of at least 4 members (excludes halogenated alkanes) is 3. The van der Waals surface area contributed by atoms with Gasteiger partial charge in [0.15, 0.2) is 0 Å². The van der Waals surface area contributed by atoms with Crippen molar-refractivity contribution in [1.82, 2.24) is 5.32 Å². The van der Waals surface area contributed by atoms with Gasteiger partial charge in [0.05, 0.1) is 13.2 Å². The van der Waals surface area contributed by atoms with Gasteiger partial charge in [0.1, 0.15) is 5.75 Å². The summed E-state index contributed by atoms with van der Waals surface area (Å²) in [6, 6.07) is 14.4. The molecule has 0 saturated carbocycles. The maximum atomic E-state index is 12.1. The molecule has 0 spiro atoms. The van der Waals surface area contributed by atoms with Crippen molar-refractivity contribution in [3.8, 4) is 5.75 Å². The molecule has 28 heavy (non-hydrogen) atoms. The molecule has 0 bridgehead atoms. The van der Waals surface area contributed by atoms with Crippen LogP contribution in [0.15, 0.2) is 48.5 Å². The van der Waals surface area contributed by atoms with E-state index < -0.39 is 0 Å². The smallest absolute Gasteiger partial charge is 0.251 e. The van der Waals surface area contributed by atoms with Crippen molar-refractivity contribution in [1.29, 1.82) is 0 Å². The first-order chi connectivity index (χ1) is 13.6. The number of benzene rings is 2. The Morgan fingerprint density at radius 3 is 2.46 bits per heavy atom. The first-order valence-corrected chi connectivity index (χ1v) is 9.71. The van der Waals surface area contributed by atoms with Crippen LogP contribution in [0.25, 0.3) is 0 Å². The molecule has 0 atom stereocenters. The number of anilines is 2. The zero-order valence-electron chi connectivity index (χ0n) is 16.6. The fourth-order valence-corrected chi connectivity index (χ4v) is 2.66. The SMILES string of the molecule is CCCCCCOc1ccc(NCC(=O)Nc2cccc(C(=O)NC)c2)cc1. The molecule has 0 aromatic heterocycles. The highest BCUT2D eigenvalue weighted by atomic mass is 16.5. The largest absolute Gasteiger partial charge is 0.494 e. The van der Waals surface area contributed by atoms with Crippen LogP contribution in [0, 0.1) is 0 Å². The maximum Gasteiger partial charge on any atom is 0.251 e. The highest BCUT2D eigenvalue weighted by molar-refractivity contribution is 5.98. The summed E-state index contributed by atoms with van der Waals surface area (Å²) in [7, 11) is 1.57. The average molecular weight is 383 g/mol. The van der Waals surface area contributed by atoms with E-state index in [0.29, 0.717) is 11.3 Å². The van der Waals surface area contributed by atoms with Crippen LogP contribution in [0.2, 0.25) is 0 Å². The Bertz CT molecular complexity index is 760. The van der Waals surface area contributed by atoms with Crippen LogP contribution < -0.4 is 20.7 Å². The van der Waals surface area contributed by atoms with Gasteiger partial charge in [-0.05, 0) is 48.9 Å². The van der Waals surface area contributed by atoms with Gasteiger partial charge in [0.2, 0.25) is 5.91 Å². The van der Waals surface area contributed by atoms with Gasteiger partial charge in [0, 0.05) is 24.0 Å². The molecule has 6 nitrogen and oxygen atoms in total. The lowest BCUT2D eigenvalue weighted by atomic mass is 10.2. The van der Waals surface area contributed by atoms with Crippen LogP contribution >= 0.6 is 0 Å². The maximum absolute atomic E-state index is 12.1. The molecule has 0 saturated heterocycles. The first kappa shape index (κ1) is 21.3. The van der Waals surface area contributed by atoms with Crippen molar-refractivity contribution in [2.45, 2.75) is 32.6 Å². The molecular formula is C22H29N3O3. The number of hydrogen-bond acceptors (Lipinski definition) is 4. The lowest BCUT2D eigenvalue weighted by molar-refractivity contribution is -0.114. The van der Waals surface area contributed by atoms with Gasteiger partial charge in [-0.1, -0.05) is 32.3 Å². The second-order valence-corrected chi connectivity index (χ2v) is 6.50. The van der Waals surface area contributed by atoms with Gasteiger partial charge >= 0.3 is 0 Å². The molecule has 3 N–H and O–H groups in total. The summed E-state index contributed by atoms with van der Waals surface area (Å²) in [5.41, 5.74) is 1.92. The molecule has 0 fully saturated rings. The summed E-state index contributed by atoms with van der Waals surface area (Å²) in [5.74, 6) is 0.449. The number of carbonyl (C=O) groups is 2. The minimum Gasteiger partial charge on any atom is -0.494 e. The lowest BCUT2D eigenvalue weighted by Crippen LogP contribution is -2.22. The Hall–Kier alpha value is -3.02. The van der Waals surface area contributed by atoms with Crippen molar-refractivity contribution in [2.24, 2.45) is 0 Å². The van der Waals surface area contributed by atoms with Gasteiger partial charge in [-0.25, -0.2) is 0 Å². The second kappa shape index (κ2) is 11.6. The van der Waals surface area contributed by atoms with E-state index in [0.717, 1.165) is 24.5 Å². The monoisotopic (exact) mass is 383 g/mol. The van der Waals surface area contributed by atoms with Crippen LogP contribution in [0.3, 0.4) is 0 Å². The van der Waals surface area contributed by atoms with E-state index in [1.165, 1.54) is 19.3 Å². The highest BCUT2D eigenvalue weighted by Gasteiger charge is 2.06. The minimum atomic E-state index is -0.193. The van der Waals surface area contributed by atoms with E-state index in [1.54, 1.807) is 31.3 Å². The van der Waals surface area contributed by atoms with E-state index >= 15 is 0 Å². The van der Waals surface area contributed by atoms with Crippen LogP contribution in [-0.4, -0.2) is 32.0 Å². The number of carbonyl (C=O) groups excluding carboxylic acids is 2. The first-order valence-electron chi connectivity index (χ1n) is 9.71. The third kappa shape index (κ3) is 7.31. The topological polar surface area (TPSA) is 79.5 Å². The van der Waals surface area contributed by atoms with Crippen LogP contribution in [0.4, 0.5) is 11.4 Å². The van der Waals surface area contributed by atoms with Crippen LogP contribution in [-0.2, 0) is 4.79 Å². The van der Waals surface area contributed by atoms with Crippen LogP contribution in [0.1, 0.15) is 43.0 Å². The molecule has 0 radical (unpaired) electrons. The molecule has 150 valence electrons. The van der Waals surface area contributed by atoms with Crippen LogP contribution in [0.5, 0.6) is 5.75 Å². The molecule has 2 aromatic carbocycles. The predicted octanol–water partition coefficient (Wildman–Crippen LogP) is 4.06. The molecular weight excluding hydrogens is 354 g/mol. The Balaban J connectivity index is 1.76. The summed E-state index contributed by atoms with van der Waals surface area (Å²) in [6.45, 7) is 3.04. The predicted molar refractivity (Wildman–Crippen MR) is 113 cm³/mol. The number of ether oxygens (including phenoxy) is 1. The zero-order valence-corrected chi connectivity index (χ0v) is 16.6. The Labute approximate surface area is 166 Å². The molecule has 2 aromatic rings. The molecule has 2 rings (SSSR count). The highest BCUT2D eigenvalue weighted by Crippen LogP contribution is 2.16. The molecule has 0 aliphatic carbocycles. The number of amides is 2. The fourth-order valence-electron chi connectivity index (χ4n) is 2.66. The van der Waals surface area contributed by atoms with E-state index in [1.807, 2.05) is 24.3 Å². The normalized spacial score (nSPS) is 10.2. The van der Waals surface area contributed by atoms with Gasteiger partial charge in [-0.3, -0.25) is 9.59 Å². The number of nitrogens with one attached hydrogen (secondary N) is 3. The number of rotatable bonds is 11. The molecule has 0 aliphatic heterocycles. The second-order valence-electron chi connectivity index (χ2n) is 6.50. The van der Waals surface area contributed by atoms with Crippen molar-refractivity contribution in [2.75, 3.05) is 30.8 Å². The van der Waals surface area contributed by atoms with E-state index in [2.05, 4.69) is 22.9 Å². The summed E-state index contributed by atoms with van der Waals surface area (Å²) in [4.78, 5) is 23.8. The van der Waals surface area contributed by atoms with Gasteiger partial charge in [-0.15, -0.1) is 0 Å². The Morgan fingerprint density at radius 1 is 0.964 bits per heavy atom. The summed E-state index contributed by atoms with van der Waals surface area (Å²) >= 11 is 0. The van der Waals surface area contributed by atoms with Crippen molar-refractivity contribution < 1.29 is 14.3 Å². The quantitative estimate of drug-likeness (QED) is 0.511. The number of hydrogen-bond donors (Lipinski definition) is 3. The average Bonchev–Trinajstić information content (AvgIpc) is 2.72. The van der Waals surface area contributed by atoms with Gasteiger partial charge in [0.25, 0.3) is 5.91 Å². The summed E-state index contributed by atoms with van der Waals surface area (Å²) < 4.78 is 5.71. The van der Waals surface area contributed by atoms with E-state index in [9.17, 15) is 9.59 Å². The van der Waals surface area contributed by atoms with Crippen molar-refractivity contribution in [3.05, 3.63) is 54.1 Å². The molecule has 6 heteroatoms. The van der Waals surface area contributed by atoms with Gasteiger partial charge < -0.3 is 20.7 Å². The summed E-state index contributed by atoms with van der Waals surface area (Å²) in [6.07, 6.45) is 4.71. The van der Waals surface area contributed by atoms with E-state index in [-0.39, 0.29) is 18.4 Å². The Kier molecular flexibility index (Phi) is 8.85. The third-order valence-electron chi connectivity index (χ3n) is 4.21. The molecule has 0 heterocycles. The Morgan fingerprint density at radius 2 is 1.75 bits per heavy atom. The third-order valence-corrected chi connectivity index (χ3v) is 4.21.